The smallest absolute Gasteiger partial charge is 0.215 e. The average Bonchev–Trinajstić information content (AvgIpc) is 2.92. The lowest BCUT2D eigenvalue weighted by Gasteiger charge is -2.35. The van der Waals surface area contributed by atoms with Gasteiger partial charge in [0.1, 0.15) is 11.6 Å². The van der Waals surface area contributed by atoms with E-state index in [0.29, 0.717) is 12.5 Å². The van der Waals surface area contributed by atoms with Crippen molar-refractivity contribution < 1.29 is 9.26 Å². The number of aromatic nitrogens is 2. The van der Waals surface area contributed by atoms with Crippen LogP contribution in [0.1, 0.15) is 23.9 Å². The lowest BCUT2D eigenvalue weighted by Crippen LogP contribution is -2.47. The fourth-order valence-electron chi connectivity index (χ4n) is 3.14. The van der Waals surface area contributed by atoms with Gasteiger partial charge in [0.05, 0.1) is 12.3 Å². The molecule has 1 aliphatic heterocycles. The van der Waals surface area contributed by atoms with Crippen molar-refractivity contribution >= 4 is 5.82 Å². The molecule has 130 valence electrons. The molecule has 0 N–H and O–H groups in total. The van der Waals surface area contributed by atoms with Gasteiger partial charge in [-0.1, -0.05) is 11.2 Å². The highest BCUT2D eigenvalue weighted by molar-refractivity contribution is 5.41. The molecule has 0 spiro atoms. The van der Waals surface area contributed by atoms with E-state index in [9.17, 15) is 0 Å². The Morgan fingerprint density at radius 1 is 1.17 bits per heavy atom. The van der Waals surface area contributed by atoms with Gasteiger partial charge >= 0.3 is 0 Å². The molecule has 24 heavy (non-hydrogen) atoms. The summed E-state index contributed by atoms with van der Waals surface area (Å²) in [6, 6.07) is 5.98. The Morgan fingerprint density at radius 3 is 2.62 bits per heavy atom. The second kappa shape index (κ2) is 7.66. The van der Waals surface area contributed by atoms with Crippen molar-refractivity contribution in [1.82, 2.24) is 15.0 Å². The van der Waals surface area contributed by atoms with Crippen LogP contribution < -0.4 is 9.64 Å². The molecule has 0 bridgehead atoms. The number of nitrogens with zero attached hydrogens (tertiary/aromatic N) is 4. The summed E-state index contributed by atoms with van der Waals surface area (Å²) in [5.74, 6) is 2.66. The SMILES string of the molecule is CCOc1cccc(N2CCN(CCc3c(C)noc3C)CC2)n1. The summed E-state index contributed by atoms with van der Waals surface area (Å²) in [5.41, 5.74) is 2.27. The van der Waals surface area contributed by atoms with Gasteiger partial charge in [-0.25, -0.2) is 0 Å². The zero-order valence-corrected chi connectivity index (χ0v) is 14.8. The molecule has 0 aromatic carbocycles. The molecule has 2 aromatic rings. The van der Waals surface area contributed by atoms with Gasteiger partial charge in [0.25, 0.3) is 0 Å². The Balaban J connectivity index is 1.51. The number of aryl methyl sites for hydroxylation is 2. The molecule has 1 saturated heterocycles. The van der Waals surface area contributed by atoms with Crippen LogP contribution in [-0.4, -0.2) is 54.4 Å². The van der Waals surface area contributed by atoms with Crippen molar-refractivity contribution in [2.45, 2.75) is 27.2 Å². The molecule has 3 heterocycles. The fourth-order valence-corrected chi connectivity index (χ4v) is 3.14. The van der Waals surface area contributed by atoms with Crippen LogP contribution in [0.5, 0.6) is 5.88 Å². The number of ether oxygens (including phenoxy) is 1. The maximum Gasteiger partial charge on any atom is 0.215 e. The third-order valence-electron chi connectivity index (χ3n) is 4.56. The quantitative estimate of drug-likeness (QED) is 0.811. The minimum Gasteiger partial charge on any atom is -0.478 e. The Labute approximate surface area is 143 Å². The summed E-state index contributed by atoms with van der Waals surface area (Å²) in [6.45, 7) is 11.7. The van der Waals surface area contributed by atoms with E-state index in [4.69, 9.17) is 9.26 Å². The highest BCUT2D eigenvalue weighted by atomic mass is 16.5. The Hall–Kier alpha value is -2.08. The fraction of sp³-hybridized carbons (Fsp3) is 0.556. The monoisotopic (exact) mass is 330 g/mol. The molecule has 0 amide bonds. The third kappa shape index (κ3) is 3.87. The second-order valence-electron chi connectivity index (χ2n) is 6.15. The summed E-state index contributed by atoms with van der Waals surface area (Å²) in [5, 5.41) is 4.03. The zero-order chi connectivity index (χ0) is 16.9. The summed E-state index contributed by atoms with van der Waals surface area (Å²) in [4.78, 5) is 9.41. The molecule has 0 aliphatic carbocycles. The largest absolute Gasteiger partial charge is 0.478 e. The Kier molecular flexibility index (Phi) is 5.35. The van der Waals surface area contributed by atoms with Crippen LogP contribution in [0.3, 0.4) is 0 Å². The first kappa shape index (κ1) is 16.8. The van der Waals surface area contributed by atoms with E-state index in [0.717, 1.165) is 56.4 Å². The second-order valence-corrected chi connectivity index (χ2v) is 6.15. The van der Waals surface area contributed by atoms with Crippen molar-refractivity contribution in [2.75, 3.05) is 44.2 Å². The molecule has 0 atom stereocenters. The minimum absolute atomic E-state index is 0.645. The van der Waals surface area contributed by atoms with Gasteiger partial charge in [0.15, 0.2) is 0 Å². The standard InChI is InChI=1S/C18H26N4O2/c1-4-23-18-7-5-6-17(19-18)22-12-10-21(11-13-22)9-8-16-14(2)20-24-15(16)3/h5-7H,4,8-13H2,1-3H3. The zero-order valence-electron chi connectivity index (χ0n) is 14.8. The predicted molar refractivity (Wildman–Crippen MR) is 93.7 cm³/mol. The molecule has 1 fully saturated rings. The summed E-state index contributed by atoms with van der Waals surface area (Å²) in [6.07, 6.45) is 0.999. The van der Waals surface area contributed by atoms with Crippen molar-refractivity contribution in [3.8, 4) is 5.88 Å². The molecular formula is C18H26N4O2. The highest BCUT2D eigenvalue weighted by Gasteiger charge is 2.19. The van der Waals surface area contributed by atoms with Gasteiger partial charge in [0, 0.05) is 44.4 Å². The first-order valence-electron chi connectivity index (χ1n) is 8.66. The third-order valence-corrected chi connectivity index (χ3v) is 4.56. The number of hydrogen-bond donors (Lipinski definition) is 0. The van der Waals surface area contributed by atoms with Crippen molar-refractivity contribution in [3.05, 3.63) is 35.2 Å². The molecule has 6 heteroatoms. The summed E-state index contributed by atoms with van der Waals surface area (Å²) >= 11 is 0. The van der Waals surface area contributed by atoms with Gasteiger partial charge in [-0.15, -0.1) is 0 Å². The molecule has 1 aliphatic rings. The van der Waals surface area contributed by atoms with E-state index in [1.807, 2.05) is 32.9 Å². The molecule has 0 radical (unpaired) electrons. The van der Waals surface area contributed by atoms with Gasteiger partial charge in [0.2, 0.25) is 5.88 Å². The lowest BCUT2D eigenvalue weighted by molar-refractivity contribution is 0.259. The number of pyridine rings is 1. The predicted octanol–water partition coefficient (Wildman–Crippen LogP) is 2.45. The van der Waals surface area contributed by atoms with Crippen molar-refractivity contribution in [1.29, 1.82) is 0 Å². The van der Waals surface area contributed by atoms with E-state index < -0.39 is 0 Å². The van der Waals surface area contributed by atoms with Crippen molar-refractivity contribution in [3.63, 3.8) is 0 Å². The van der Waals surface area contributed by atoms with Crippen LogP contribution in [-0.2, 0) is 6.42 Å². The van der Waals surface area contributed by atoms with Crippen LogP contribution in [0.15, 0.2) is 22.7 Å². The summed E-state index contributed by atoms with van der Waals surface area (Å²) in [7, 11) is 0. The maximum atomic E-state index is 5.50. The first-order chi connectivity index (χ1) is 11.7. The van der Waals surface area contributed by atoms with E-state index in [1.54, 1.807) is 0 Å². The highest BCUT2D eigenvalue weighted by Crippen LogP contribution is 2.18. The van der Waals surface area contributed by atoms with Gasteiger partial charge < -0.3 is 14.2 Å². The van der Waals surface area contributed by atoms with E-state index in [-0.39, 0.29) is 0 Å². The molecule has 0 unspecified atom stereocenters. The molecule has 2 aromatic heterocycles. The summed E-state index contributed by atoms with van der Waals surface area (Å²) < 4.78 is 10.7. The molecule has 0 saturated carbocycles. The van der Waals surface area contributed by atoms with Crippen LogP contribution in [0, 0.1) is 13.8 Å². The Morgan fingerprint density at radius 2 is 1.96 bits per heavy atom. The maximum absolute atomic E-state index is 5.50. The van der Waals surface area contributed by atoms with E-state index >= 15 is 0 Å². The molecule has 6 nitrogen and oxygen atoms in total. The van der Waals surface area contributed by atoms with Crippen molar-refractivity contribution in [2.24, 2.45) is 0 Å². The van der Waals surface area contributed by atoms with E-state index in [1.165, 1.54) is 5.56 Å². The van der Waals surface area contributed by atoms with Gasteiger partial charge in [-0.2, -0.15) is 4.98 Å². The first-order valence-corrected chi connectivity index (χ1v) is 8.66. The Bertz CT molecular complexity index is 643. The van der Waals surface area contributed by atoms with Crippen LogP contribution in [0.25, 0.3) is 0 Å². The normalized spacial score (nSPS) is 15.7. The lowest BCUT2D eigenvalue weighted by atomic mass is 10.1. The van der Waals surface area contributed by atoms with E-state index in [2.05, 4.69) is 26.0 Å². The number of piperazine rings is 1. The van der Waals surface area contributed by atoms with Gasteiger partial charge in [-0.3, -0.25) is 4.90 Å². The topological polar surface area (TPSA) is 54.6 Å². The number of anilines is 1. The van der Waals surface area contributed by atoms with Crippen LogP contribution >= 0.6 is 0 Å². The molecular weight excluding hydrogens is 304 g/mol. The molecule has 3 rings (SSSR count). The van der Waals surface area contributed by atoms with Crippen LogP contribution in [0.2, 0.25) is 0 Å². The minimum atomic E-state index is 0.645. The average molecular weight is 330 g/mol. The van der Waals surface area contributed by atoms with Gasteiger partial charge in [-0.05, 0) is 33.3 Å². The number of hydrogen-bond acceptors (Lipinski definition) is 6. The van der Waals surface area contributed by atoms with Crippen LogP contribution in [0.4, 0.5) is 5.82 Å². The number of rotatable bonds is 6.